The summed E-state index contributed by atoms with van der Waals surface area (Å²) in [5.41, 5.74) is 1.27. The highest BCUT2D eigenvalue weighted by molar-refractivity contribution is 7.86. The topological polar surface area (TPSA) is 94.7 Å². The first-order chi connectivity index (χ1) is 15.9. The monoisotopic (exact) mass is 528 g/mol. The SMILES string of the molecule is CCOC(=O)N1CCN(S(=O)c2ccc(S(=O)Nc3ccc(Cl)c4c(Cl)c[nH]c34)cc2)CC1. The summed E-state index contributed by atoms with van der Waals surface area (Å²) in [6.07, 6.45) is 1.28. The van der Waals surface area contributed by atoms with E-state index in [0.29, 0.717) is 69.2 Å². The van der Waals surface area contributed by atoms with Crippen LogP contribution in [0.1, 0.15) is 6.92 Å². The number of carbonyl (C=O) groups is 1. The van der Waals surface area contributed by atoms with Crippen molar-refractivity contribution >= 4 is 67.9 Å². The number of benzene rings is 2. The van der Waals surface area contributed by atoms with Crippen molar-refractivity contribution in [3.8, 4) is 0 Å². The van der Waals surface area contributed by atoms with Gasteiger partial charge in [-0.05, 0) is 43.3 Å². The number of amides is 1. The van der Waals surface area contributed by atoms with Crippen LogP contribution < -0.4 is 4.72 Å². The second-order valence-corrected chi connectivity index (χ2v) is 10.7. The first-order valence-electron chi connectivity index (χ1n) is 10.2. The number of rotatable bonds is 6. The summed E-state index contributed by atoms with van der Waals surface area (Å²) >= 11 is 12.4. The third kappa shape index (κ3) is 5.20. The number of ether oxygens (including phenoxy) is 1. The Hall–Kier alpha value is -2.11. The molecule has 3 aromatic rings. The van der Waals surface area contributed by atoms with Gasteiger partial charge in [0.05, 0.1) is 37.6 Å². The van der Waals surface area contributed by atoms with E-state index in [2.05, 4.69) is 9.71 Å². The van der Waals surface area contributed by atoms with Gasteiger partial charge in [0.25, 0.3) is 0 Å². The van der Waals surface area contributed by atoms with Gasteiger partial charge in [0.2, 0.25) is 0 Å². The fourth-order valence-electron chi connectivity index (χ4n) is 3.49. The molecule has 176 valence electrons. The Labute approximate surface area is 206 Å². The van der Waals surface area contributed by atoms with Crippen molar-refractivity contribution in [2.24, 2.45) is 0 Å². The standard InChI is InChI=1S/C21H22Cl2N4O4S2/c1-2-31-21(28)26-9-11-27(12-10-26)33(30)15-5-3-14(4-6-15)32(29)25-18-8-7-16(22)19-17(23)13-24-20(18)19/h3-8,13,24-25H,2,9-12H2,1H3. The summed E-state index contributed by atoms with van der Waals surface area (Å²) in [7, 11) is -2.93. The minimum atomic E-state index is -1.55. The van der Waals surface area contributed by atoms with Crippen molar-refractivity contribution in [3.05, 3.63) is 52.6 Å². The predicted molar refractivity (Wildman–Crippen MR) is 131 cm³/mol. The number of carbonyl (C=O) groups excluding carboxylic acids is 1. The maximum Gasteiger partial charge on any atom is 0.409 e. The molecule has 33 heavy (non-hydrogen) atoms. The second kappa shape index (κ2) is 10.4. The van der Waals surface area contributed by atoms with E-state index in [1.165, 1.54) is 0 Å². The van der Waals surface area contributed by atoms with Crippen LogP contribution in [0.3, 0.4) is 0 Å². The normalized spacial score (nSPS) is 16.5. The molecule has 1 saturated heterocycles. The van der Waals surface area contributed by atoms with Crippen LogP contribution in [0, 0.1) is 0 Å². The molecule has 1 aromatic heterocycles. The van der Waals surface area contributed by atoms with E-state index in [-0.39, 0.29) is 6.09 Å². The summed E-state index contributed by atoms with van der Waals surface area (Å²) in [6, 6.07) is 10.2. The molecule has 0 bridgehead atoms. The second-order valence-electron chi connectivity index (χ2n) is 7.19. The molecule has 1 amide bonds. The molecule has 8 nitrogen and oxygen atoms in total. The molecule has 0 aliphatic carbocycles. The summed E-state index contributed by atoms with van der Waals surface area (Å²) in [5, 5.41) is 1.65. The van der Waals surface area contributed by atoms with Gasteiger partial charge in [-0.25, -0.2) is 17.5 Å². The quantitative estimate of drug-likeness (QED) is 0.495. The Bertz CT molecular complexity index is 1210. The van der Waals surface area contributed by atoms with Gasteiger partial charge in [0, 0.05) is 37.8 Å². The van der Waals surface area contributed by atoms with Crippen molar-refractivity contribution < 1.29 is 17.9 Å². The van der Waals surface area contributed by atoms with Crippen molar-refractivity contribution in [1.82, 2.24) is 14.2 Å². The van der Waals surface area contributed by atoms with E-state index in [1.807, 2.05) is 0 Å². The van der Waals surface area contributed by atoms with Gasteiger partial charge in [-0.15, -0.1) is 0 Å². The third-order valence-electron chi connectivity index (χ3n) is 5.18. The molecule has 1 fully saturated rings. The van der Waals surface area contributed by atoms with Crippen molar-refractivity contribution in [2.45, 2.75) is 16.7 Å². The van der Waals surface area contributed by atoms with E-state index >= 15 is 0 Å². The van der Waals surface area contributed by atoms with Gasteiger partial charge in [0.15, 0.2) is 0 Å². The number of piperazine rings is 1. The molecule has 4 rings (SSSR count). The first-order valence-corrected chi connectivity index (χ1v) is 13.2. The molecular weight excluding hydrogens is 507 g/mol. The zero-order valence-electron chi connectivity index (χ0n) is 17.7. The number of nitrogens with one attached hydrogen (secondary N) is 2. The van der Waals surface area contributed by atoms with Gasteiger partial charge in [-0.3, -0.25) is 4.72 Å². The molecule has 1 aliphatic rings. The van der Waals surface area contributed by atoms with Crippen LogP contribution in [0.15, 0.2) is 52.4 Å². The summed E-state index contributed by atoms with van der Waals surface area (Å²) in [5.74, 6) is 0. The number of hydrogen-bond acceptors (Lipinski definition) is 4. The lowest BCUT2D eigenvalue weighted by atomic mass is 10.2. The molecule has 2 aromatic carbocycles. The van der Waals surface area contributed by atoms with Crippen LogP contribution in [-0.4, -0.2) is 61.5 Å². The van der Waals surface area contributed by atoms with E-state index in [0.717, 1.165) is 0 Å². The van der Waals surface area contributed by atoms with Gasteiger partial charge >= 0.3 is 6.09 Å². The Morgan fingerprint density at radius 3 is 2.36 bits per heavy atom. The van der Waals surface area contributed by atoms with Crippen LogP contribution >= 0.6 is 23.2 Å². The van der Waals surface area contributed by atoms with Crippen LogP contribution in [0.25, 0.3) is 10.9 Å². The number of aromatic amines is 1. The van der Waals surface area contributed by atoms with Gasteiger partial charge in [0.1, 0.15) is 22.0 Å². The number of H-pyrrole nitrogens is 1. The Morgan fingerprint density at radius 1 is 1.03 bits per heavy atom. The lowest BCUT2D eigenvalue weighted by molar-refractivity contribution is 0.0941. The molecule has 0 spiro atoms. The molecule has 2 heterocycles. The Morgan fingerprint density at radius 2 is 1.70 bits per heavy atom. The Kier molecular flexibility index (Phi) is 7.60. The van der Waals surface area contributed by atoms with Gasteiger partial charge in [-0.1, -0.05) is 23.2 Å². The van der Waals surface area contributed by atoms with E-state index < -0.39 is 22.0 Å². The van der Waals surface area contributed by atoms with Crippen LogP contribution in [0.2, 0.25) is 10.0 Å². The van der Waals surface area contributed by atoms with E-state index in [1.54, 1.807) is 58.7 Å². The average molecular weight is 529 g/mol. The lowest BCUT2D eigenvalue weighted by Crippen LogP contribution is -2.49. The highest BCUT2D eigenvalue weighted by atomic mass is 35.5. The number of hydrogen-bond donors (Lipinski definition) is 2. The number of nitrogens with zero attached hydrogens (tertiary/aromatic N) is 2. The summed E-state index contributed by atoms with van der Waals surface area (Å²) in [6.45, 7) is 3.96. The molecular formula is C21H22Cl2N4O4S2. The zero-order chi connectivity index (χ0) is 23.5. The summed E-state index contributed by atoms with van der Waals surface area (Å²) in [4.78, 5) is 17.6. The summed E-state index contributed by atoms with van der Waals surface area (Å²) < 4.78 is 35.6. The number of halogens is 2. The van der Waals surface area contributed by atoms with Crippen molar-refractivity contribution in [3.63, 3.8) is 0 Å². The highest BCUT2D eigenvalue weighted by Crippen LogP contribution is 2.35. The fourth-order valence-corrected chi connectivity index (χ4v) is 6.08. The molecule has 12 heteroatoms. The van der Waals surface area contributed by atoms with Crippen LogP contribution in [-0.2, 0) is 26.7 Å². The number of fused-ring (bicyclic) bond motifs is 1. The predicted octanol–water partition coefficient (Wildman–Crippen LogP) is 4.41. The first kappa shape index (κ1) is 24.0. The van der Waals surface area contributed by atoms with Crippen LogP contribution in [0.5, 0.6) is 0 Å². The fraction of sp³-hybridized carbons (Fsp3) is 0.286. The Balaban J connectivity index is 1.40. The van der Waals surface area contributed by atoms with Gasteiger partial charge < -0.3 is 14.6 Å². The van der Waals surface area contributed by atoms with Crippen molar-refractivity contribution in [1.29, 1.82) is 0 Å². The highest BCUT2D eigenvalue weighted by Gasteiger charge is 2.25. The minimum absolute atomic E-state index is 0.329. The van der Waals surface area contributed by atoms with E-state index in [4.69, 9.17) is 27.9 Å². The minimum Gasteiger partial charge on any atom is -0.450 e. The lowest BCUT2D eigenvalue weighted by Gasteiger charge is -2.32. The smallest absolute Gasteiger partial charge is 0.409 e. The number of aromatic nitrogens is 1. The third-order valence-corrected chi connectivity index (χ3v) is 8.41. The molecule has 2 N–H and O–H groups in total. The zero-order valence-corrected chi connectivity index (χ0v) is 20.8. The van der Waals surface area contributed by atoms with Crippen molar-refractivity contribution in [2.75, 3.05) is 37.5 Å². The molecule has 0 saturated carbocycles. The number of anilines is 1. The van der Waals surface area contributed by atoms with Crippen LogP contribution in [0.4, 0.5) is 10.5 Å². The molecule has 2 atom stereocenters. The van der Waals surface area contributed by atoms with Gasteiger partial charge in [-0.2, -0.15) is 0 Å². The molecule has 2 unspecified atom stereocenters. The molecule has 0 radical (unpaired) electrons. The average Bonchev–Trinajstić information content (AvgIpc) is 3.23. The largest absolute Gasteiger partial charge is 0.450 e. The van der Waals surface area contributed by atoms with E-state index in [9.17, 15) is 13.2 Å². The molecule has 1 aliphatic heterocycles. The maximum absolute atomic E-state index is 12.9. The maximum atomic E-state index is 12.9.